The lowest BCUT2D eigenvalue weighted by Crippen LogP contribution is -2.55. The van der Waals surface area contributed by atoms with Crippen LogP contribution in [0.15, 0.2) is 0 Å². The zero-order chi connectivity index (χ0) is 18.8. The summed E-state index contributed by atoms with van der Waals surface area (Å²) in [4.78, 5) is 32.3. The van der Waals surface area contributed by atoms with Crippen LogP contribution < -0.4 is 0 Å². The first kappa shape index (κ1) is 20.2. The van der Waals surface area contributed by atoms with Gasteiger partial charge in [0.1, 0.15) is 0 Å². The van der Waals surface area contributed by atoms with Crippen molar-refractivity contribution >= 4 is 11.8 Å². The van der Waals surface area contributed by atoms with Crippen molar-refractivity contribution in [2.24, 2.45) is 0 Å². The Morgan fingerprint density at radius 2 is 1.08 bits per heavy atom. The average Bonchev–Trinajstić information content (AvgIpc) is 2.65. The van der Waals surface area contributed by atoms with Crippen molar-refractivity contribution in [2.45, 2.75) is 25.7 Å². The Hall–Kier alpha value is -2.16. The van der Waals surface area contributed by atoms with Crippen LogP contribution in [0.2, 0.25) is 0 Å². The van der Waals surface area contributed by atoms with Gasteiger partial charge in [-0.05, 0) is 25.9 Å². The van der Waals surface area contributed by atoms with Gasteiger partial charge in [0.15, 0.2) is 0 Å². The first-order valence-corrected chi connectivity index (χ1v) is 9.42. The molecule has 0 radical (unpaired) electrons. The molecule has 0 aromatic rings. The Morgan fingerprint density at radius 1 is 0.654 bits per heavy atom. The third-order valence-electron chi connectivity index (χ3n) is 5.01. The molecule has 0 aromatic heterocycles. The summed E-state index contributed by atoms with van der Waals surface area (Å²) in [5.74, 6) is -0.781. The monoisotopic (exact) mass is 360 g/mol. The van der Waals surface area contributed by atoms with Gasteiger partial charge in [0.25, 0.3) is 0 Å². The Morgan fingerprint density at radius 3 is 1.46 bits per heavy atom. The second kappa shape index (κ2) is 10.7. The first-order chi connectivity index (χ1) is 12.7. The highest BCUT2D eigenvalue weighted by atomic mass is 16.2. The molecule has 0 spiro atoms. The van der Waals surface area contributed by atoms with Gasteiger partial charge in [-0.3, -0.25) is 9.59 Å². The lowest BCUT2D eigenvalue weighted by Gasteiger charge is -2.35. The van der Waals surface area contributed by atoms with E-state index in [1.807, 2.05) is 0 Å². The van der Waals surface area contributed by atoms with Crippen LogP contribution in [0.4, 0.5) is 0 Å². The maximum absolute atomic E-state index is 12.3. The van der Waals surface area contributed by atoms with Crippen LogP contribution in [0.5, 0.6) is 0 Å². The molecule has 0 saturated carbocycles. The number of amides is 2. The summed E-state index contributed by atoms with van der Waals surface area (Å²) in [6.45, 7) is 7.09. The number of hydrogen-bond acceptors (Lipinski definition) is 6. The zero-order valence-electron chi connectivity index (χ0n) is 15.4. The minimum absolute atomic E-state index is 0.391. The number of carbonyl (C=O) groups is 2. The molecule has 3 saturated heterocycles. The normalized spacial score (nSPS) is 21.3. The summed E-state index contributed by atoms with van der Waals surface area (Å²) < 4.78 is 0. The van der Waals surface area contributed by atoms with Crippen molar-refractivity contribution in [3.8, 4) is 12.1 Å². The number of rotatable bonds is 4. The van der Waals surface area contributed by atoms with Gasteiger partial charge in [0, 0.05) is 65.2 Å². The molecule has 2 bridgehead atoms. The number of nitriles is 2. The van der Waals surface area contributed by atoms with Crippen molar-refractivity contribution in [1.29, 1.82) is 10.5 Å². The van der Waals surface area contributed by atoms with Crippen LogP contribution in [0.25, 0.3) is 0 Å². The van der Waals surface area contributed by atoms with E-state index in [0.29, 0.717) is 52.1 Å². The lowest BCUT2D eigenvalue weighted by atomic mass is 10.2. The van der Waals surface area contributed by atoms with E-state index in [0.717, 1.165) is 39.0 Å². The van der Waals surface area contributed by atoms with Gasteiger partial charge in [-0.15, -0.1) is 0 Å². The molecule has 8 nitrogen and oxygen atoms in total. The smallest absolute Gasteiger partial charge is 0.312 e. The molecule has 0 aromatic carbocycles. The highest BCUT2D eigenvalue weighted by molar-refractivity contribution is 6.35. The summed E-state index contributed by atoms with van der Waals surface area (Å²) in [5, 5.41) is 17.7. The average molecular weight is 360 g/mol. The van der Waals surface area contributed by atoms with E-state index in [9.17, 15) is 9.59 Å². The number of piperazine rings is 1. The van der Waals surface area contributed by atoms with Crippen LogP contribution in [-0.2, 0) is 9.59 Å². The van der Waals surface area contributed by atoms with Gasteiger partial charge in [-0.1, -0.05) is 0 Å². The molecular formula is C18H28N6O2. The Kier molecular flexibility index (Phi) is 8.33. The summed E-state index contributed by atoms with van der Waals surface area (Å²) in [6, 6.07) is 4.38. The fourth-order valence-corrected chi connectivity index (χ4v) is 3.48. The number of carbonyl (C=O) groups excluding carboxylic acids is 2. The van der Waals surface area contributed by atoms with Gasteiger partial charge in [-0.25, -0.2) is 0 Å². The van der Waals surface area contributed by atoms with Crippen LogP contribution in [-0.4, -0.2) is 96.9 Å². The van der Waals surface area contributed by atoms with E-state index in [4.69, 9.17) is 10.5 Å². The number of nitrogens with zero attached hydrogens (tertiary/aromatic N) is 6. The standard InChI is InChI=1S/C18H28N6O2/c19-5-1-7-21-9-3-11-23-15-16-24(18(26)17(23)25)12-4-10-22(14-13-21)8-2-6-20/h1-4,7-16H2. The van der Waals surface area contributed by atoms with Crippen LogP contribution in [0.3, 0.4) is 0 Å². The largest absolute Gasteiger partial charge is 0.333 e. The van der Waals surface area contributed by atoms with Gasteiger partial charge >= 0.3 is 11.8 Å². The Labute approximate surface area is 155 Å². The zero-order valence-corrected chi connectivity index (χ0v) is 15.4. The predicted octanol–water partition coefficient (Wildman–Crippen LogP) is -0.118. The second-order valence-corrected chi connectivity index (χ2v) is 6.79. The molecule has 0 unspecified atom stereocenters. The molecule has 8 heteroatoms. The minimum atomic E-state index is -0.391. The molecular weight excluding hydrogens is 332 g/mol. The SMILES string of the molecule is N#CCCN1CCCN2CCN(CCCN(CCC#N)CC1)C(=O)C2=O. The van der Waals surface area contributed by atoms with Gasteiger partial charge in [0.2, 0.25) is 0 Å². The van der Waals surface area contributed by atoms with Crippen LogP contribution >= 0.6 is 0 Å². The fourth-order valence-electron chi connectivity index (χ4n) is 3.48. The van der Waals surface area contributed by atoms with Gasteiger partial charge in [0.05, 0.1) is 12.1 Å². The van der Waals surface area contributed by atoms with E-state index in [1.54, 1.807) is 9.80 Å². The van der Waals surface area contributed by atoms with Crippen molar-refractivity contribution < 1.29 is 9.59 Å². The molecule has 3 aliphatic rings. The second-order valence-electron chi connectivity index (χ2n) is 6.79. The first-order valence-electron chi connectivity index (χ1n) is 9.42. The summed E-state index contributed by atoms with van der Waals surface area (Å²) >= 11 is 0. The maximum Gasteiger partial charge on any atom is 0.312 e. The summed E-state index contributed by atoms with van der Waals surface area (Å²) in [5.41, 5.74) is 0. The maximum atomic E-state index is 12.3. The quantitative estimate of drug-likeness (QED) is 0.649. The molecule has 26 heavy (non-hydrogen) atoms. The Bertz CT molecular complexity index is 517. The van der Waals surface area contributed by atoms with E-state index in [1.165, 1.54) is 0 Å². The van der Waals surface area contributed by atoms with Crippen molar-refractivity contribution in [1.82, 2.24) is 19.6 Å². The van der Waals surface area contributed by atoms with E-state index >= 15 is 0 Å². The lowest BCUT2D eigenvalue weighted by molar-refractivity contribution is -0.156. The fraction of sp³-hybridized carbons (Fsp3) is 0.778. The third-order valence-corrected chi connectivity index (χ3v) is 5.01. The van der Waals surface area contributed by atoms with Crippen molar-refractivity contribution in [3.05, 3.63) is 0 Å². The van der Waals surface area contributed by atoms with E-state index in [2.05, 4.69) is 21.9 Å². The summed E-state index contributed by atoms with van der Waals surface area (Å²) in [6.07, 6.45) is 2.55. The van der Waals surface area contributed by atoms with E-state index in [-0.39, 0.29) is 0 Å². The highest BCUT2D eigenvalue weighted by Gasteiger charge is 2.32. The molecule has 142 valence electrons. The molecule has 3 aliphatic heterocycles. The van der Waals surface area contributed by atoms with Gasteiger partial charge < -0.3 is 19.6 Å². The van der Waals surface area contributed by atoms with E-state index < -0.39 is 11.8 Å². The van der Waals surface area contributed by atoms with Crippen LogP contribution in [0, 0.1) is 22.7 Å². The Balaban J connectivity index is 2.03. The van der Waals surface area contributed by atoms with Crippen molar-refractivity contribution in [3.63, 3.8) is 0 Å². The van der Waals surface area contributed by atoms with Crippen molar-refractivity contribution in [2.75, 3.05) is 65.4 Å². The number of hydrogen-bond donors (Lipinski definition) is 0. The molecule has 0 atom stereocenters. The van der Waals surface area contributed by atoms with Gasteiger partial charge in [-0.2, -0.15) is 10.5 Å². The molecule has 2 amide bonds. The molecule has 0 N–H and O–H groups in total. The highest BCUT2D eigenvalue weighted by Crippen LogP contribution is 2.09. The summed E-state index contributed by atoms with van der Waals surface area (Å²) in [7, 11) is 0. The molecule has 3 rings (SSSR count). The topological polar surface area (TPSA) is 94.7 Å². The molecule has 0 aliphatic carbocycles. The predicted molar refractivity (Wildman–Crippen MR) is 95.7 cm³/mol. The van der Waals surface area contributed by atoms with Crippen LogP contribution in [0.1, 0.15) is 25.7 Å². The third kappa shape index (κ3) is 5.98. The molecule has 3 heterocycles. The number of fused-ring (bicyclic) bond motifs is 11. The minimum Gasteiger partial charge on any atom is -0.333 e. The molecule has 3 fully saturated rings.